The van der Waals surface area contributed by atoms with Crippen molar-refractivity contribution in [2.24, 2.45) is 0 Å². The van der Waals surface area contributed by atoms with Crippen molar-refractivity contribution in [1.82, 2.24) is 10.2 Å². The summed E-state index contributed by atoms with van der Waals surface area (Å²) in [7, 11) is 2.22. The molecule has 0 amide bonds. The van der Waals surface area contributed by atoms with E-state index in [4.69, 9.17) is 0 Å². The van der Waals surface area contributed by atoms with Crippen LogP contribution in [0.1, 0.15) is 38.5 Å². The van der Waals surface area contributed by atoms with E-state index >= 15 is 0 Å². The molecule has 2 aliphatic rings. The Bertz CT molecular complexity index is 198. The number of aliphatic hydroxyl groups excluding tert-OH is 1. The molecule has 1 saturated heterocycles. The molecule has 0 aromatic rings. The quantitative estimate of drug-likeness (QED) is 0.732. The van der Waals surface area contributed by atoms with Crippen molar-refractivity contribution in [3.05, 3.63) is 0 Å². The largest absolute Gasteiger partial charge is 0.392 e. The van der Waals surface area contributed by atoms with E-state index in [2.05, 4.69) is 17.3 Å². The molecule has 0 spiro atoms. The number of rotatable bonds is 3. The Kier molecular flexibility index (Phi) is 4.00. The van der Waals surface area contributed by atoms with E-state index in [1.807, 2.05) is 0 Å². The first-order chi connectivity index (χ1) is 7.27. The van der Waals surface area contributed by atoms with Gasteiger partial charge in [-0.15, -0.1) is 0 Å². The minimum atomic E-state index is -0.0982. The summed E-state index contributed by atoms with van der Waals surface area (Å²) in [6.07, 6.45) is 7.24. The van der Waals surface area contributed by atoms with Crippen molar-refractivity contribution >= 4 is 0 Å². The second kappa shape index (κ2) is 5.28. The molecule has 0 radical (unpaired) electrons. The molecule has 1 aliphatic carbocycles. The fourth-order valence-corrected chi connectivity index (χ4v) is 2.87. The summed E-state index contributed by atoms with van der Waals surface area (Å²) >= 11 is 0. The van der Waals surface area contributed by atoms with Crippen LogP contribution in [0, 0.1) is 0 Å². The Morgan fingerprint density at radius 3 is 2.73 bits per heavy atom. The first-order valence-electron chi connectivity index (χ1n) is 6.39. The van der Waals surface area contributed by atoms with Gasteiger partial charge >= 0.3 is 0 Å². The number of likely N-dealkylation sites (tertiary alicyclic amines) is 1. The lowest BCUT2D eigenvalue weighted by atomic mass is 10.0. The molecule has 3 atom stereocenters. The molecular formula is C12H24N2O. The normalized spacial score (nSPS) is 38.4. The van der Waals surface area contributed by atoms with Crippen molar-refractivity contribution in [3.63, 3.8) is 0 Å². The standard InChI is InChI=1S/C12H24N2O/c1-14-8-3-2-5-10(14)9-13-11-6-4-7-12(11)15/h10-13,15H,2-9H2,1H3/t10?,11-,12-/m0/s1. The van der Waals surface area contributed by atoms with Gasteiger partial charge in [0, 0.05) is 18.6 Å². The van der Waals surface area contributed by atoms with Gasteiger partial charge in [-0.05, 0) is 45.7 Å². The Hall–Kier alpha value is -0.120. The van der Waals surface area contributed by atoms with Gasteiger partial charge < -0.3 is 15.3 Å². The molecular weight excluding hydrogens is 188 g/mol. The van der Waals surface area contributed by atoms with Crippen molar-refractivity contribution < 1.29 is 5.11 Å². The highest BCUT2D eigenvalue weighted by Gasteiger charge is 2.26. The number of aliphatic hydroxyl groups is 1. The summed E-state index contributed by atoms with van der Waals surface area (Å²) in [6, 6.07) is 1.05. The molecule has 2 fully saturated rings. The number of likely N-dealkylation sites (N-methyl/N-ethyl adjacent to an activating group) is 1. The Labute approximate surface area is 92.8 Å². The van der Waals surface area contributed by atoms with Gasteiger partial charge in [-0.1, -0.05) is 6.42 Å². The second-order valence-electron chi connectivity index (χ2n) is 5.14. The fourth-order valence-electron chi connectivity index (χ4n) is 2.87. The zero-order valence-corrected chi connectivity index (χ0v) is 9.78. The van der Waals surface area contributed by atoms with Crippen molar-refractivity contribution in [2.45, 2.75) is 56.7 Å². The minimum Gasteiger partial charge on any atom is -0.392 e. The molecule has 0 aromatic heterocycles. The maximum Gasteiger partial charge on any atom is 0.0693 e. The van der Waals surface area contributed by atoms with Crippen LogP contribution in [0.15, 0.2) is 0 Å². The van der Waals surface area contributed by atoms with Gasteiger partial charge in [0.15, 0.2) is 0 Å². The van der Waals surface area contributed by atoms with Gasteiger partial charge in [0.25, 0.3) is 0 Å². The lowest BCUT2D eigenvalue weighted by Gasteiger charge is -2.33. The van der Waals surface area contributed by atoms with Gasteiger partial charge in [-0.25, -0.2) is 0 Å². The lowest BCUT2D eigenvalue weighted by Crippen LogP contribution is -2.47. The molecule has 2 N–H and O–H groups in total. The van der Waals surface area contributed by atoms with Crippen LogP contribution in [0.3, 0.4) is 0 Å². The van der Waals surface area contributed by atoms with E-state index in [1.54, 1.807) is 0 Å². The molecule has 2 rings (SSSR count). The van der Waals surface area contributed by atoms with Crippen molar-refractivity contribution in [2.75, 3.05) is 20.1 Å². The summed E-state index contributed by atoms with van der Waals surface area (Å²) in [6.45, 7) is 2.29. The van der Waals surface area contributed by atoms with E-state index in [-0.39, 0.29) is 6.10 Å². The number of hydrogen-bond acceptors (Lipinski definition) is 3. The topological polar surface area (TPSA) is 35.5 Å². The Morgan fingerprint density at radius 2 is 2.07 bits per heavy atom. The zero-order chi connectivity index (χ0) is 10.7. The molecule has 0 aromatic carbocycles. The summed E-state index contributed by atoms with van der Waals surface area (Å²) in [5.41, 5.74) is 0. The highest BCUT2D eigenvalue weighted by molar-refractivity contribution is 4.85. The number of nitrogens with zero attached hydrogens (tertiary/aromatic N) is 1. The average Bonchev–Trinajstić information content (AvgIpc) is 2.63. The molecule has 1 aliphatic heterocycles. The van der Waals surface area contributed by atoms with Crippen LogP contribution >= 0.6 is 0 Å². The first-order valence-corrected chi connectivity index (χ1v) is 6.39. The molecule has 3 nitrogen and oxygen atoms in total. The molecule has 3 heteroatoms. The molecule has 1 saturated carbocycles. The number of nitrogens with one attached hydrogen (secondary N) is 1. The fraction of sp³-hybridized carbons (Fsp3) is 1.00. The predicted molar refractivity (Wildman–Crippen MR) is 61.9 cm³/mol. The van der Waals surface area contributed by atoms with Crippen LogP contribution in [-0.4, -0.2) is 48.3 Å². The highest BCUT2D eigenvalue weighted by Crippen LogP contribution is 2.20. The van der Waals surface area contributed by atoms with Gasteiger partial charge in [-0.3, -0.25) is 0 Å². The van der Waals surface area contributed by atoms with Gasteiger partial charge in [0.1, 0.15) is 0 Å². The maximum atomic E-state index is 9.71. The number of hydrogen-bond donors (Lipinski definition) is 2. The van der Waals surface area contributed by atoms with E-state index in [9.17, 15) is 5.11 Å². The molecule has 1 unspecified atom stereocenters. The minimum absolute atomic E-state index is 0.0982. The third-order valence-corrected chi connectivity index (χ3v) is 4.02. The SMILES string of the molecule is CN1CCCCC1CN[C@H]1CCC[C@@H]1O. The van der Waals surface area contributed by atoms with Crippen LogP contribution in [-0.2, 0) is 0 Å². The molecule has 1 heterocycles. The summed E-state index contributed by atoms with van der Waals surface area (Å²) in [5, 5.41) is 13.2. The second-order valence-corrected chi connectivity index (χ2v) is 5.14. The van der Waals surface area contributed by atoms with Crippen LogP contribution in [0.4, 0.5) is 0 Å². The monoisotopic (exact) mass is 212 g/mol. The lowest BCUT2D eigenvalue weighted by molar-refractivity contribution is 0.132. The molecule has 88 valence electrons. The third kappa shape index (κ3) is 2.92. The van der Waals surface area contributed by atoms with E-state index in [1.165, 1.54) is 32.2 Å². The van der Waals surface area contributed by atoms with E-state index in [0.29, 0.717) is 12.1 Å². The Balaban J connectivity index is 1.72. The Morgan fingerprint density at radius 1 is 1.20 bits per heavy atom. The van der Waals surface area contributed by atoms with Crippen molar-refractivity contribution in [3.8, 4) is 0 Å². The highest BCUT2D eigenvalue weighted by atomic mass is 16.3. The van der Waals surface area contributed by atoms with Crippen LogP contribution in [0.2, 0.25) is 0 Å². The van der Waals surface area contributed by atoms with Gasteiger partial charge in [0.2, 0.25) is 0 Å². The molecule has 0 bridgehead atoms. The van der Waals surface area contributed by atoms with Gasteiger partial charge in [0.05, 0.1) is 6.10 Å². The third-order valence-electron chi connectivity index (χ3n) is 4.02. The van der Waals surface area contributed by atoms with Crippen molar-refractivity contribution in [1.29, 1.82) is 0 Å². The van der Waals surface area contributed by atoms with Crippen LogP contribution in [0.5, 0.6) is 0 Å². The average molecular weight is 212 g/mol. The van der Waals surface area contributed by atoms with Crippen LogP contribution in [0.25, 0.3) is 0 Å². The predicted octanol–water partition coefficient (Wildman–Crippen LogP) is 0.974. The first kappa shape index (κ1) is 11.4. The smallest absolute Gasteiger partial charge is 0.0693 e. The summed E-state index contributed by atoms with van der Waals surface area (Å²) < 4.78 is 0. The van der Waals surface area contributed by atoms with Crippen LogP contribution < -0.4 is 5.32 Å². The number of piperidine rings is 1. The van der Waals surface area contributed by atoms with Gasteiger partial charge in [-0.2, -0.15) is 0 Å². The van der Waals surface area contributed by atoms with E-state index in [0.717, 1.165) is 19.4 Å². The zero-order valence-electron chi connectivity index (χ0n) is 9.78. The van der Waals surface area contributed by atoms with E-state index < -0.39 is 0 Å². The summed E-state index contributed by atoms with van der Waals surface area (Å²) in [4.78, 5) is 2.46. The summed E-state index contributed by atoms with van der Waals surface area (Å²) in [5.74, 6) is 0. The maximum absolute atomic E-state index is 9.71. The molecule has 15 heavy (non-hydrogen) atoms.